The maximum absolute atomic E-state index is 9.70. The number of aliphatic hydroxyl groups is 1. The van der Waals surface area contributed by atoms with Gasteiger partial charge in [0, 0.05) is 0 Å². The van der Waals surface area contributed by atoms with Crippen LogP contribution in [0.15, 0.2) is 30.3 Å². The van der Waals surface area contributed by atoms with E-state index in [2.05, 4.69) is 20.8 Å². The standard InChI is InChI=1S/C12H17N5O/c1-9(18)12(2,3)13-11-14-15-16-17(11)10-7-5-4-6-8-10/h4-9,18H,1-3H3,(H,13,14,16). The molecule has 0 aliphatic rings. The van der Waals surface area contributed by atoms with E-state index >= 15 is 0 Å². The number of aromatic nitrogens is 4. The van der Waals surface area contributed by atoms with Crippen molar-refractivity contribution < 1.29 is 5.11 Å². The second kappa shape index (κ2) is 4.73. The zero-order chi connectivity index (χ0) is 13.2. The summed E-state index contributed by atoms with van der Waals surface area (Å²) >= 11 is 0. The molecule has 0 saturated carbocycles. The molecule has 1 atom stereocenters. The number of rotatable bonds is 4. The molecule has 0 amide bonds. The molecule has 6 nitrogen and oxygen atoms in total. The van der Waals surface area contributed by atoms with E-state index < -0.39 is 11.6 Å². The van der Waals surface area contributed by atoms with Gasteiger partial charge in [0.05, 0.1) is 17.3 Å². The molecule has 2 rings (SSSR count). The van der Waals surface area contributed by atoms with Crippen LogP contribution in [0.3, 0.4) is 0 Å². The van der Waals surface area contributed by atoms with E-state index in [-0.39, 0.29) is 0 Å². The molecule has 2 aromatic rings. The van der Waals surface area contributed by atoms with Gasteiger partial charge in [0.15, 0.2) is 0 Å². The van der Waals surface area contributed by atoms with Crippen molar-refractivity contribution in [3.8, 4) is 5.69 Å². The number of hydrogen-bond acceptors (Lipinski definition) is 5. The van der Waals surface area contributed by atoms with Gasteiger partial charge < -0.3 is 10.4 Å². The Bertz CT molecular complexity index is 506. The Kier molecular flexibility index (Phi) is 3.29. The SMILES string of the molecule is CC(O)C(C)(C)Nc1nnnn1-c1ccccc1. The smallest absolute Gasteiger partial charge is 0.248 e. The van der Waals surface area contributed by atoms with Crippen molar-refractivity contribution in [2.75, 3.05) is 5.32 Å². The summed E-state index contributed by atoms with van der Waals surface area (Å²) in [4.78, 5) is 0. The second-order valence-electron chi connectivity index (χ2n) is 4.77. The summed E-state index contributed by atoms with van der Waals surface area (Å²) in [6.07, 6.45) is -0.529. The summed E-state index contributed by atoms with van der Waals surface area (Å²) in [5.41, 5.74) is 0.354. The van der Waals surface area contributed by atoms with E-state index in [1.165, 1.54) is 0 Å². The molecule has 0 radical (unpaired) electrons. The van der Waals surface area contributed by atoms with Crippen molar-refractivity contribution in [2.45, 2.75) is 32.4 Å². The highest BCUT2D eigenvalue weighted by molar-refractivity contribution is 5.39. The fraction of sp³-hybridized carbons (Fsp3) is 0.417. The predicted octanol–water partition coefficient (Wildman–Crippen LogP) is 1.23. The van der Waals surface area contributed by atoms with Crippen LogP contribution < -0.4 is 5.32 Å². The lowest BCUT2D eigenvalue weighted by Crippen LogP contribution is -2.42. The van der Waals surface area contributed by atoms with Crippen LogP contribution in [-0.2, 0) is 0 Å². The van der Waals surface area contributed by atoms with Gasteiger partial charge in [-0.05, 0) is 43.3 Å². The van der Waals surface area contributed by atoms with Gasteiger partial charge in [0.2, 0.25) is 5.95 Å². The minimum atomic E-state index is -0.529. The fourth-order valence-electron chi connectivity index (χ4n) is 1.40. The van der Waals surface area contributed by atoms with E-state index in [1.807, 2.05) is 44.2 Å². The Morgan fingerprint density at radius 1 is 1.28 bits per heavy atom. The Hall–Kier alpha value is -1.95. The zero-order valence-electron chi connectivity index (χ0n) is 10.7. The third kappa shape index (κ3) is 2.48. The molecule has 0 bridgehead atoms. The van der Waals surface area contributed by atoms with Crippen LogP contribution in [0.4, 0.5) is 5.95 Å². The van der Waals surface area contributed by atoms with Crippen molar-refractivity contribution >= 4 is 5.95 Å². The van der Waals surface area contributed by atoms with E-state index in [9.17, 15) is 5.11 Å². The maximum Gasteiger partial charge on any atom is 0.248 e. The van der Waals surface area contributed by atoms with Crippen LogP contribution in [-0.4, -0.2) is 37.0 Å². The zero-order valence-corrected chi connectivity index (χ0v) is 10.7. The average molecular weight is 247 g/mol. The summed E-state index contributed by atoms with van der Waals surface area (Å²) in [5.74, 6) is 0.507. The lowest BCUT2D eigenvalue weighted by Gasteiger charge is -2.29. The van der Waals surface area contributed by atoms with Gasteiger partial charge in [-0.2, -0.15) is 4.68 Å². The molecule has 0 spiro atoms. The van der Waals surface area contributed by atoms with Crippen molar-refractivity contribution in [3.05, 3.63) is 30.3 Å². The molecule has 2 N–H and O–H groups in total. The molecule has 96 valence electrons. The first kappa shape index (κ1) is 12.5. The first-order valence-corrected chi connectivity index (χ1v) is 5.81. The topological polar surface area (TPSA) is 75.9 Å². The molecule has 0 saturated heterocycles. The maximum atomic E-state index is 9.70. The minimum Gasteiger partial charge on any atom is -0.391 e. The van der Waals surface area contributed by atoms with Crippen LogP contribution in [0.25, 0.3) is 5.69 Å². The van der Waals surface area contributed by atoms with Gasteiger partial charge in [-0.15, -0.1) is 0 Å². The molecule has 1 heterocycles. The quantitative estimate of drug-likeness (QED) is 0.850. The third-order valence-corrected chi connectivity index (χ3v) is 2.95. The van der Waals surface area contributed by atoms with Crippen LogP contribution in [0.5, 0.6) is 0 Å². The van der Waals surface area contributed by atoms with Gasteiger partial charge in [-0.3, -0.25) is 0 Å². The minimum absolute atomic E-state index is 0.507. The van der Waals surface area contributed by atoms with E-state index in [0.29, 0.717) is 5.95 Å². The number of benzene rings is 1. The lowest BCUT2D eigenvalue weighted by atomic mass is 9.99. The van der Waals surface area contributed by atoms with Crippen molar-refractivity contribution in [3.63, 3.8) is 0 Å². The Balaban J connectivity index is 2.30. The van der Waals surface area contributed by atoms with Crippen LogP contribution >= 0.6 is 0 Å². The summed E-state index contributed by atoms with van der Waals surface area (Å²) in [6, 6.07) is 9.59. The Morgan fingerprint density at radius 3 is 2.56 bits per heavy atom. The fourth-order valence-corrected chi connectivity index (χ4v) is 1.40. The van der Waals surface area contributed by atoms with Gasteiger partial charge in [0.1, 0.15) is 0 Å². The van der Waals surface area contributed by atoms with Crippen molar-refractivity contribution in [2.24, 2.45) is 0 Å². The van der Waals surface area contributed by atoms with Gasteiger partial charge in [0.25, 0.3) is 0 Å². The van der Waals surface area contributed by atoms with E-state index in [4.69, 9.17) is 0 Å². The number of aliphatic hydroxyl groups excluding tert-OH is 1. The normalized spacial score (nSPS) is 13.3. The van der Waals surface area contributed by atoms with Crippen molar-refractivity contribution in [1.29, 1.82) is 0 Å². The van der Waals surface area contributed by atoms with E-state index in [1.54, 1.807) is 11.6 Å². The Morgan fingerprint density at radius 2 is 1.94 bits per heavy atom. The number of hydrogen-bond donors (Lipinski definition) is 2. The van der Waals surface area contributed by atoms with Gasteiger partial charge in [-0.1, -0.05) is 23.3 Å². The number of anilines is 1. The van der Waals surface area contributed by atoms with Crippen LogP contribution in [0.2, 0.25) is 0 Å². The molecular weight excluding hydrogens is 230 g/mol. The number of nitrogens with zero attached hydrogens (tertiary/aromatic N) is 4. The number of nitrogens with one attached hydrogen (secondary N) is 1. The molecular formula is C12H17N5O. The molecule has 18 heavy (non-hydrogen) atoms. The number of tetrazole rings is 1. The van der Waals surface area contributed by atoms with Crippen molar-refractivity contribution in [1.82, 2.24) is 20.2 Å². The summed E-state index contributed by atoms with van der Waals surface area (Å²) < 4.78 is 1.60. The van der Waals surface area contributed by atoms with Crippen LogP contribution in [0, 0.1) is 0 Å². The molecule has 1 aromatic carbocycles. The molecule has 0 fully saturated rings. The van der Waals surface area contributed by atoms with Crippen LogP contribution in [0.1, 0.15) is 20.8 Å². The first-order valence-electron chi connectivity index (χ1n) is 5.81. The van der Waals surface area contributed by atoms with E-state index in [0.717, 1.165) is 5.69 Å². The van der Waals surface area contributed by atoms with Gasteiger partial charge in [-0.25, -0.2) is 0 Å². The molecule has 1 aromatic heterocycles. The predicted molar refractivity (Wildman–Crippen MR) is 68.5 cm³/mol. The largest absolute Gasteiger partial charge is 0.391 e. The first-order chi connectivity index (χ1) is 8.50. The third-order valence-electron chi connectivity index (χ3n) is 2.95. The average Bonchev–Trinajstić information content (AvgIpc) is 2.77. The summed E-state index contributed by atoms with van der Waals surface area (Å²) in [6.45, 7) is 5.51. The lowest BCUT2D eigenvalue weighted by molar-refractivity contribution is 0.132. The second-order valence-corrected chi connectivity index (χ2v) is 4.77. The summed E-state index contributed by atoms with van der Waals surface area (Å²) in [5, 5.41) is 24.4. The number of para-hydroxylation sites is 1. The Labute approximate surface area is 106 Å². The highest BCUT2D eigenvalue weighted by atomic mass is 16.3. The van der Waals surface area contributed by atoms with Gasteiger partial charge >= 0.3 is 0 Å². The summed E-state index contributed by atoms with van der Waals surface area (Å²) in [7, 11) is 0. The molecule has 6 heteroatoms. The molecule has 0 aliphatic carbocycles. The molecule has 0 aliphatic heterocycles. The monoisotopic (exact) mass is 247 g/mol. The highest BCUT2D eigenvalue weighted by Gasteiger charge is 2.26. The highest BCUT2D eigenvalue weighted by Crippen LogP contribution is 2.18. The molecule has 1 unspecified atom stereocenters.